The van der Waals surface area contributed by atoms with Crippen molar-refractivity contribution in [3.8, 4) is 11.8 Å². The van der Waals surface area contributed by atoms with Crippen LogP contribution in [0.15, 0.2) is 24.7 Å². The van der Waals surface area contributed by atoms with Crippen molar-refractivity contribution < 1.29 is 23.7 Å². The van der Waals surface area contributed by atoms with E-state index in [1.807, 2.05) is 16.8 Å². The van der Waals surface area contributed by atoms with Gasteiger partial charge in [0.1, 0.15) is 5.52 Å². The molecule has 0 N–H and O–H groups in total. The van der Waals surface area contributed by atoms with Gasteiger partial charge in [-0.3, -0.25) is 0 Å². The van der Waals surface area contributed by atoms with Crippen LogP contribution in [0, 0.1) is 0 Å². The maximum absolute atomic E-state index is 12.0. The normalized spacial score (nSPS) is 11.8. The third kappa shape index (κ3) is 6.86. The zero-order valence-electron chi connectivity index (χ0n) is 20.0. The first-order valence-corrected chi connectivity index (χ1v) is 14.8. The van der Waals surface area contributed by atoms with Gasteiger partial charge in [0, 0.05) is 47.3 Å². The van der Waals surface area contributed by atoms with Gasteiger partial charge in [0.05, 0.1) is 23.9 Å². The Morgan fingerprint density at radius 2 is 2.00 bits per heavy atom. The molecule has 0 aliphatic carbocycles. The number of rotatable bonds is 13. The topological polar surface area (TPSA) is 103 Å². The Labute approximate surface area is 194 Å². The number of carbonyl (C=O) groups excluding carboxylic acids is 1. The van der Waals surface area contributed by atoms with Gasteiger partial charge in [0.2, 0.25) is 5.88 Å². The van der Waals surface area contributed by atoms with Crippen LogP contribution in [0.2, 0.25) is 25.7 Å². The number of methoxy groups -OCH3 is 1. The van der Waals surface area contributed by atoms with Crippen LogP contribution in [0.5, 0.6) is 5.88 Å². The lowest BCUT2D eigenvalue weighted by atomic mass is 10.4. The molecule has 10 nitrogen and oxygen atoms in total. The molecule has 3 rings (SSSR count). The number of ether oxygens (including phenoxy) is 4. The van der Waals surface area contributed by atoms with Gasteiger partial charge in [0.15, 0.2) is 6.79 Å². The van der Waals surface area contributed by atoms with Crippen LogP contribution < -0.4 is 4.74 Å². The average Bonchev–Trinajstić information content (AvgIpc) is 3.41. The molecule has 3 aromatic rings. The van der Waals surface area contributed by atoms with Gasteiger partial charge in [-0.15, -0.1) is 0 Å². The number of fused-ring (bicyclic) bond motifs is 1. The van der Waals surface area contributed by atoms with E-state index in [1.165, 1.54) is 10.9 Å². The fourth-order valence-electron chi connectivity index (χ4n) is 3.12. The number of aromatic nitrogens is 5. The van der Waals surface area contributed by atoms with Crippen molar-refractivity contribution in [2.75, 3.05) is 33.7 Å². The van der Waals surface area contributed by atoms with Gasteiger partial charge >= 0.3 is 5.97 Å². The minimum absolute atomic E-state index is 0.0897. The van der Waals surface area contributed by atoms with Crippen LogP contribution in [0.25, 0.3) is 17.0 Å². The summed E-state index contributed by atoms with van der Waals surface area (Å²) >= 11 is 0. The third-order valence-corrected chi connectivity index (χ3v) is 6.59. The summed E-state index contributed by atoms with van der Waals surface area (Å²) in [5.41, 5.74) is 1.82. The Morgan fingerprint density at radius 3 is 2.73 bits per heavy atom. The Balaban J connectivity index is 1.85. The average molecular weight is 476 g/mol. The van der Waals surface area contributed by atoms with E-state index in [-0.39, 0.29) is 6.79 Å². The van der Waals surface area contributed by atoms with Crippen molar-refractivity contribution in [2.24, 2.45) is 0 Å². The van der Waals surface area contributed by atoms with E-state index >= 15 is 0 Å². The highest BCUT2D eigenvalue weighted by molar-refractivity contribution is 6.76. The quantitative estimate of drug-likeness (QED) is 0.160. The van der Waals surface area contributed by atoms with Crippen LogP contribution in [0.4, 0.5) is 0 Å². The summed E-state index contributed by atoms with van der Waals surface area (Å²) in [6.07, 6.45) is 5.77. The zero-order chi connectivity index (χ0) is 23.8. The maximum atomic E-state index is 12.0. The predicted octanol–water partition coefficient (Wildman–Crippen LogP) is 3.52. The fourth-order valence-corrected chi connectivity index (χ4v) is 3.87. The van der Waals surface area contributed by atoms with E-state index < -0.39 is 14.0 Å². The molecule has 33 heavy (non-hydrogen) atoms. The number of hydrogen-bond acceptors (Lipinski definition) is 8. The highest BCUT2D eigenvalue weighted by Gasteiger charge is 2.18. The van der Waals surface area contributed by atoms with Gasteiger partial charge in [0.25, 0.3) is 5.95 Å². The molecule has 3 heterocycles. The molecule has 0 spiro atoms. The molecular weight excluding hydrogens is 442 g/mol. The highest BCUT2D eigenvalue weighted by atomic mass is 28.3. The van der Waals surface area contributed by atoms with Gasteiger partial charge in [-0.25, -0.2) is 14.5 Å². The summed E-state index contributed by atoms with van der Waals surface area (Å²) in [6.45, 7) is 11.1. The number of esters is 1. The first-order chi connectivity index (χ1) is 15.8. The Morgan fingerprint density at radius 1 is 1.18 bits per heavy atom. The van der Waals surface area contributed by atoms with Gasteiger partial charge in [-0.1, -0.05) is 19.6 Å². The molecule has 0 radical (unpaired) electrons. The fraction of sp³-hybridized carbons (Fsp3) is 0.545. The smallest absolute Gasteiger partial charge is 0.341 e. The molecule has 0 saturated heterocycles. The predicted molar refractivity (Wildman–Crippen MR) is 127 cm³/mol. The van der Waals surface area contributed by atoms with Gasteiger partial charge in [-0.05, 0) is 25.5 Å². The second kappa shape index (κ2) is 11.4. The molecule has 0 amide bonds. The molecule has 3 aromatic heterocycles. The lowest BCUT2D eigenvalue weighted by Crippen LogP contribution is -2.22. The molecule has 0 fully saturated rings. The molecule has 0 atom stereocenters. The van der Waals surface area contributed by atoms with Crippen molar-refractivity contribution in [1.29, 1.82) is 0 Å². The minimum atomic E-state index is -1.18. The Bertz CT molecular complexity index is 1060. The zero-order valence-corrected chi connectivity index (χ0v) is 21.0. The second-order valence-corrected chi connectivity index (χ2v) is 14.4. The van der Waals surface area contributed by atoms with E-state index in [0.29, 0.717) is 42.7 Å². The lowest BCUT2D eigenvalue weighted by molar-refractivity contribution is 0.0200. The van der Waals surface area contributed by atoms with E-state index in [4.69, 9.17) is 18.9 Å². The van der Waals surface area contributed by atoms with Crippen molar-refractivity contribution >= 4 is 25.1 Å². The third-order valence-electron chi connectivity index (χ3n) is 4.89. The Kier molecular flexibility index (Phi) is 8.59. The summed E-state index contributed by atoms with van der Waals surface area (Å²) in [7, 11) is 0.500. The number of nitrogens with zero attached hydrogens (tertiary/aromatic N) is 5. The van der Waals surface area contributed by atoms with Crippen LogP contribution in [-0.4, -0.2) is 72.1 Å². The molecular formula is C22H33N5O5Si. The first kappa shape index (κ1) is 24.9. The molecule has 0 aliphatic heterocycles. The van der Waals surface area contributed by atoms with E-state index in [1.54, 1.807) is 20.2 Å². The van der Waals surface area contributed by atoms with Crippen molar-refractivity contribution in [1.82, 2.24) is 24.3 Å². The molecule has 11 heteroatoms. The standard InChI is InChI=1S/C22H33N5O5Si/c1-6-31-21(28)17-14-23-27(15-17)22-24-18-8-10-26(9-7-11-29-2)19(18)20(25-22)32-16-30-12-13-33(3,4)5/h8,10,14-15H,6-7,9,11-13,16H2,1-5H3. The molecule has 0 aromatic carbocycles. The number of aryl methyl sites for hydroxylation is 1. The summed E-state index contributed by atoms with van der Waals surface area (Å²) in [4.78, 5) is 21.2. The summed E-state index contributed by atoms with van der Waals surface area (Å²) in [5, 5.41) is 4.23. The minimum Gasteiger partial charge on any atom is -0.462 e. The van der Waals surface area contributed by atoms with E-state index in [2.05, 4.69) is 34.7 Å². The Hall–Kier alpha value is -2.76. The molecule has 0 aliphatic rings. The summed E-state index contributed by atoms with van der Waals surface area (Å²) < 4.78 is 25.4. The van der Waals surface area contributed by atoms with Crippen molar-refractivity contribution in [3.05, 3.63) is 30.2 Å². The SMILES string of the molecule is CCOC(=O)c1cnn(-c2nc(OCOCC[Si](C)(C)C)c3c(ccn3CCCOC)n2)c1. The molecule has 180 valence electrons. The van der Waals surface area contributed by atoms with Crippen LogP contribution in [-0.2, 0) is 20.8 Å². The molecule has 0 unspecified atom stereocenters. The monoisotopic (exact) mass is 475 g/mol. The number of hydrogen-bond donors (Lipinski definition) is 0. The van der Waals surface area contributed by atoms with Crippen molar-refractivity contribution in [3.63, 3.8) is 0 Å². The van der Waals surface area contributed by atoms with Crippen molar-refractivity contribution in [2.45, 2.75) is 45.6 Å². The van der Waals surface area contributed by atoms with Crippen LogP contribution >= 0.6 is 0 Å². The molecule has 0 saturated carbocycles. The largest absolute Gasteiger partial charge is 0.462 e. The van der Waals surface area contributed by atoms with E-state index in [9.17, 15) is 4.79 Å². The van der Waals surface area contributed by atoms with Crippen LogP contribution in [0.1, 0.15) is 23.7 Å². The maximum Gasteiger partial charge on any atom is 0.341 e. The van der Waals surface area contributed by atoms with Gasteiger partial charge in [-0.2, -0.15) is 10.1 Å². The highest BCUT2D eigenvalue weighted by Crippen LogP contribution is 2.25. The number of carbonyl (C=O) groups is 1. The first-order valence-electron chi connectivity index (χ1n) is 11.1. The van der Waals surface area contributed by atoms with Crippen LogP contribution in [0.3, 0.4) is 0 Å². The molecule has 0 bridgehead atoms. The summed E-state index contributed by atoms with van der Waals surface area (Å²) in [6, 6.07) is 2.96. The van der Waals surface area contributed by atoms with Gasteiger partial charge < -0.3 is 23.5 Å². The summed E-state index contributed by atoms with van der Waals surface area (Å²) in [5.74, 6) is 0.254. The second-order valence-electron chi connectivity index (χ2n) is 8.79. The van der Waals surface area contributed by atoms with E-state index in [0.717, 1.165) is 24.5 Å². The lowest BCUT2D eigenvalue weighted by Gasteiger charge is -2.16.